The van der Waals surface area contributed by atoms with Crippen LogP contribution in [0.5, 0.6) is 0 Å². The lowest BCUT2D eigenvalue weighted by Crippen LogP contribution is -2.60. The van der Waals surface area contributed by atoms with E-state index in [-0.39, 0.29) is 17.2 Å². The van der Waals surface area contributed by atoms with Crippen LogP contribution in [0.15, 0.2) is 121 Å². The molecule has 1 aliphatic rings. The van der Waals surface area contributed by atoms with Crippen molar-refractivity contribution >= 4 is 0 Å². The van der Waals surface area contributed by atoms with Gasteiger partial charge in [-0.2, -0.15) is 10.5 Å². The SMILES string of the molecule is CC(C)(CCC(C#N)(c1ccccc1)c1ccccc1)N1CC(O)C1.CC(C)(N)CCC(C#N)(c1ccccc1)c1ccccc1. The minimum Gasteiger partial charge on any atom is -0.390 e. The third-order valence-electron chi connectivity index (χ3n) is 9.42. The van der Waals surface area contributed by atoms with E-state index < -0.39 is 10.8 Å². The summed E-state index contributed by atoms with van der Waals surface area (Å²) < 4.78 is 0. The largest absolute Gasteiger partial charge is 0.390 e. The monoisotopic (exact) mass is 612 g/mol. The summed E-state index contributed by atoms with van der Waals surface area (Å²) >= 11 is 0. The Kier molecular flexibility index (Phi) is 11.2. The second kappa shape index (κ2) is 14.9. The van der Waals surface area contributed by atoms with Gasteiger partial charge in [-0.1, -0.05) is 121 Å². The van der Waals surface area contributed by atoms with E-state index in [0.29, 0.717) is 6.42 Å². The van der Waals surface area contributed by atoms with Gasteiger partial charge in [-0.05, 0) is 75.6 Å². The fourth-order valence-corrected chi connectivity index (χ4v) is 6.28. The Bertz CT molecular complexity index is 1500. The smallest absolute Gasteiger partial charge is 0.107 e. The van der Waals surface area contributed by atoms with Gasteiger partial charge in [0.15, 0.2) is 0 Å². The maximum absolute atomic E-state index is 10.2. The molecule has 1 saturated heterocycles. The molecule has 5 rings (SSSR count). The summed E-state index contributed by atoms with van der Waals surface area (Å²) in [5.41, 5.74) is 8.68. The zero-order chi connectivity index (χ0) is 33.3. The first-order valence-corrected chi connectivity index (χ1v) is 16.2. The van der Waals surface area contributed by atoms with Crippen LogP contribution in [-0.4, -0.2) is 40.3 Å². The van der Waals surface area contributed by atoms with E-state index in [1.165, 1.54) is 0 Å². The third kappa shape index (κ3) is 8.11. The molecule has 5 heteroatoms. The number of benzene rings is 4. The first-order chi connectivity index (χ1) is 22.0. The fourth-order valence-electron chi connectivity index (χ4n) is 6.28. The highest BCUT2D eigenvalue weighted by Crippen LogP contribution is 2.40. The number of nitrogens with two attached hydrogens (primary N) is 1. The van der Waals surface area contributed by atoms with Gasteiger partial charge in [0.1, 0.15) is 10.8 Å². The Balaban J connectivity index is 0.000000212. The number of nitrogens with zero attached hydrogens (tertiary/aromatic N) is 3. The Morgan fingerprint density at radius 2 is 0.891 bits per heavy atom. The number of rotatable bonds is 11. The number of hydrogen-bond acceptors (Lipinski definition) is 5. The molecule has 0 aliphatic carbocycles. The lowest BCUT2D eigenvalue weighted by molar-refractivity contribution is -0.0590. The van der Waals surface area contributed by atoms with Gasteiger partial charge in [-0.15, -0.1) is 0 Å². The molecule has 4 aromatic rings. The van der Waals surface area contributed by atoms with Crippen LogP contribution in [0, 0.1) is 22.7 Å². The second-order valence-electron chi connectivity index (χ2n) is 13.9. The molecule has 0 atom stereocenters. The minimum absolute atomic E-state index is 0.0368. The highest BCUT2D eigenvalue weighted by Gasteiger charge is 2.41. The summed E-state index contributed by atoms with van der Waals surface area (Å²) in [6.07, 6.45) is 2.92. The molecule has 0 aromatic heterocycles. The Hall–Kier alpha value is -4.26. The molecule has 46 heavy (non-hydrogen) atoms. The molecule has 0 spiro atoms. The van der Waals surface area contributed by atoms with Gasteiger partial charge < -0.3 is 10.8 Å². The van der Waals surface area contributed by atoms with Gasteiger partial charge >= 0.3 is 0 Å². The normalized spacial score (nSPS) is 14.3. The van der Waals surface area contributed by atoms with Gasteiger partial charge in [0.05, 0.1) is 18.2 Å². The average Bonchev–Trinajstić information content (AvgIpc) is 3.06. The van der Waals surface area contributed by atoms with Gasteiger partial charge in [-0.25, -0.2) is 0 Å². The molecule has 1 aliphatic heterocycles. The molecule has 0 saturated carbocycles. The quantitative estimate of drug-likeness (QED) is 0.181. The van der Waals surface area contributed by atoms with E-state index >= 15 is 0 Å². The van der Waals surface area contributed by atoms with Gasteiger partial charge in [0.2, 0.25) is 0 Å². The number of aliphatic hydroxyl groups excluding tert-OH is 1. The molecule has 1 heterocycles. The summed E-state index contributed by atoms with van der Waals surface area (Å²) in [6.45, 7) is 9.87. The summed E-state index contributed by atoms with van der Waals surface area (Å²) in [5, 5.41) is 29.8. The Morgan fingerprint density at radius 1 is 0.587 bits per heavy atom. The average molecular weight is 613 g/mol. The molecular formula is C41H48N4O. The molecule has 238 valence electrons. The van der Waals surface area contributed by atoms with Crippen molar-refractivity contribution in [1.29, 1.82) is 10.5 Å². The Labute approximate surface area is 275 Å². The number of aliphatic hydroxyl groups is 1. The maximum Gasteiger partial charge on any atom is 0.107 e. The predicted octanol–water partition coefficient (Wildman–Crippen LogP) is 7.75. The zero-order valence-corrected chi connectivity index (χ0v) is 27.7. The molecular weight excluding hydrogens is 564 g/mol. The van der Waals surface area contributed by atoms with Crippen molar-refractivity contribution in [1.82, 2.24) is 4.90 Å². The van der Waals surface area contributed by atoms with E-state index in [9.17, 15) is 15.6 Å². The van der Waals surface area contributed by atoms with Gasteiger partial charge in [0, 0.05) is 24.2 Å². The van der Waals surface area contributed by atoms with E-state index in [1.807, 2.05) is 111 Å². The topological polar surface area (TPSA) is 97.1 Å². The van der Waals surface area contributed by atoms with E-state index in [0.717, 1.165) is 54.6 Å². The summed E-state index contributed by atoms with van der Waals surface area (Å²) in [6, 6.07) is 45.4. The predicted molar refractivity (Wildman–Crippen MR) is 187 cm³/mol. The van der Waals surface area contributed by atoms with Crippen molar-refractivity contribution in [3.63, 3.8) is 0 Å². The summed E-state index contributed by atoms with van der Waals surface area (Å²) in [5.74, 6) is 0. The van der Waals surface area contributed by atoms with E-state index in [1.54, 1.807) is 0 Å². The molecule has 0 unspecified atom stereocenters. The highest BCUT2D eigenvalue weighted by molar-refractivity contribution is 5.47. The lowest BCUT2D eigenvalue weighted by Gasteiger charge is -2.48. The summed E-state index contributed by atoms with van der Waals surface area (Å²) in [4.78, 5) is 2.30. The number of β-amino-alcohol motifs (C(OH)–C–C–N with tert-alkyl or cyclic N) is 1. The lowest BCUT2D eigenvalue weighted by atomic mass is 9.70. The highest BCUT2D eigenvalue weighted by atomic mass is 16.3. The van der Waals surface area contributed by atoms with Crippen molar-refractivity contribution in [3.05, 3.63) is 144 Å². The van der Waals surface area contributed by atoms with Crippen molar-refractivity contribution < 1.29 is 5.11 Å². The number of hydrogen-bond donors (Lipinski definition) is 2. The maximum atomic E-state index is 10.2. The molecule has 0 radical (unpaired) electrons. The van der Waals surface area contributed by atoms with Crippen LogP contribution < -0.4 is 5.73 Å². The van der Waals surface area contributed by atoms with Crippen LogP contribution in [0.25, 0.3) is 0 Å². The van der Waals surface area contributed by atoms with E-state index in [4.69, 9.17) is 5.73 Å². The van der Waals surface area contributed by atoms with Crippen LogP contribution in [0.1, 0.15) is 75.6 Å². The van der Waals surface area contributed by atoms with Crippen molar-refractivity contribution in [2.45, 2.75) is 81.4 Å². The van der Waals surface area contributed by atoms with Gasteiger partial charge in [-0.3, -0.25) is 4.90 Å². The number of nitriles is 2. The number of likely N-dealkylation sites (tertiary alicyclic amines) is 1. The molecule has 0 amide bonds. The van der Waals surface area contributed by atoms with E-state index in [2.05, 4.69) is 55.2 Å². The second-order valence-corrected chi connectivity index (χ2v) is 13.9. The molecule has 0 bridgehead atoms. The first-order valence-electron chi connectivity index (χ1n) is 16.2. The van der Waals surface area contributed by atoms with Crippen molar-refractivity contribution in [3.8, 4) is 12.1 Å². The van der Waals surface area contributed by atoms with Crippen molar-refractivity contribution in [2.75, 3.05) is 13.1 Å². The molecule has 3 N–H and O–H groups in total. The first kappa shape index (κ1) is 34.6. The molecule has 5 nitrogen and oxygen atoms in total. The van der Waals surface area contributed by atoms with Crippen molar-refractivity contribution in [2.24, 2.45) is 5.73 Å². The van der Waals surface area contributed by atoms with Crippen LogP contribution >= 0.6 is 0 Å². The Morgan fingerprint density at radius 3 is 1.15 bits per heavy atom. The summed E-state index contributed by atoms with van der Waals surface area (Å²) in [7, 11) is 0. The standard InChI is InChI=1S/C22H26N2O.C19H22N2/c1-21(2,24-15-20(25)16-24)13-14-22(17-23,18-9-5-3-6-10-18)19-11-7-4-8-12-19;1-18(2,21)13-14-19(15-20,16-9-5-3-6-10-16)17-11-7-4-8-12-17/h3-12,20,25H,13-16H2,1-2H3;3-12H,13-14,21H2,1-2H3. The van der Waals surface area contributed by atoms with Crippen LogP contribution in [0.4, 0.5) is 0 Å². The fraction of sp³-hybridized carbons (Fsp3) is 0.366. The zero-order valence-electron chi connectivity index (χ0n) is 27.7. The van der Waals surface area contributed by atoms with Crippen LogP contribution in [-0.2, 0) is 10.8 Å². The van der Waals surface area contributed by atoms with Crippen LogP contribution in [0.2, 0.25) is 0 Å². The third-order valence-corrected chi connectivity index (χ3v) is 9.42. The molecule has 1 fully saturated rings. The minimum atomic E-state index is -0.650. The van der Waals surface area contributed by atoms with Crippen LogP contribution in [0.3, 0.4) is 0 Å². The molecule has 4 aromatic carbocycles. The van der Waals surface area contributed by atoms with Gasteiger partial charge in [0.25, 0.3) is 0 Å².